The normalized spacial score (nSPS) is 11.6. The first-order valence-corrected chi connectivity index (χ1v) is 13.0. The van der Waals surface area contributed by atoms with Crippen molar-refractivity contribution in [1.82, 2.24) is 9.29 Å². The molecule has 31 heavy (non-hydrogen) atoms. The number of rotatable bonds is 9. The Bertz CT molecular complexity index is 1150. The van der Waals surface area contributed by atoms with E-state index in [-0.39, 0.29) is 16.6 Å². The lowest BCUT2D eigenvalue weighted by molar-refractivity contribution is 0.102. The third-order valence-electron chi connectivity index (χ3n) is 4.56. The number of hydrogen-bond donors (Lipinski definition) is 1. The van der Waals surface area contributed by atoms with Crippen LogP contribution in [-0.2, 0) is 10.0 Å². The first kappa shape index (κ1) is 23.4. The molecular weight excluding hydrogens is 454 g/mol. The molecule has 0 radical (unpaired) electrons. The number of benzene rings is 1. The molecule has 2 heterocycles. The SMILES string of the molecule is CCOc1ccc(NC(=O)c2sc(-c3cccs3)nc2C)cc1S(=O)(=O)N(CC)CC. The average Bonchev–Trinajstić information content (AvgIpc) is 3.39. The quantitative estimate of drug-likeness (QED) is 0.473. The molecule has 7 nitrogen and oxygen atoms in total. The fourth-order valence-electron chi connectivity index (χ4n) is 3.07. The van der Waals surface area contributed by atoms with E-state index >= 15 is 0 Å². The maximum Gasteiger partial charge on any atom is 0.267 e. The van der Waals surface area contributed by atoms with Gasteiger partial charge in [-0.3, -0.25) is 4.79 Å². The molecule has 0 bridgehead atoms. The van der Waals surface area contributed by atoms with E-state index in [2.05, 4.69) is 10.3 Å². The van der Waals surface area contributed by atoms with Crippen LogP contribution in [0, 0.1) is 6.92 Å². The van der Waals surface area contributed by atoms with Crippen LogP contribution in [0.1, 0.15) is 36.1 Å². The molecule has 0 aliphatic rings. The second-order valence-electron chi connectivity index (χ2n) is 6.55. The third-order valence-corrected chi connectivity index (χ3v) is 8.83. The van der Waals surface area contributed by atoms with Crippen LogP contribution in [0.2, 0.25) is 0 Å². The van der Waals surface area contributed by atoms with Crippen molar-refractivity contribution in [2.24, 2.45) is 0 Å². The van der Waals surface area contributed by atoms with Gasteiger partial charge in [-0.25, -0.2) is 13.4 Å². The van der Waals surface area contributed by atoms with Gasteiger partial charge in [0.2, 0.25) is 10.0 Å². The van der Waals surface area contributed by atoms with Crippen LogP contribution in [0.5, 0.6) is 5.75 Å². The van der Waals surface area contributed by atoms with Gasteiger partial charge in [0.25, 0.3) is 5.91 Å². The molecule has 0 aliphatic heterocycles. The van der Waals surface area contributed by atoms with Crippen LogP contribution < -0.4 is 10.1 Å². The summed E-state index contributed by atoms with van der Waals surface area (Å²) in [4.78, 5) is 18.9. The Balaban J connectivity index is 1.93. The van der Waals surface area contributed by atoms with Gasteiger partial charge in [0.1, 0.15) is 20.5 Å². The Kier molecular flexibility index (Phi) is 7.47. The van der Waals surface area contributed by atoms with Crippen molar-refractivity contribution in [2.75, 3.05) is 25.0 Å². The summed E-state index contributed by atoms with van der Waals surface area (Å²) in [5.41, 5.74) is 1.01. The molecule has 0 atom stereocenters. The Morgan fingerprint density at radius 1 is 1.19 bits per heavy atom. The van der Waals surface area contributed by atoms with Crippen molar-refractivity contribution < 1.29 is 17.9 Å². The maximum atomic E-state index is 13.1. The summed E-state index contributed by atoms with van der Waals surface area (Å²) in [7, 11) is -3.76. The number of nitrogens with one attached hydrogen (secondary N) is 1. The predicted molar refractivity (Wildman–Crippen MR) is 126 cm³/mol. The molecule has 2 aromatic heterocycles. The Morgan fingerprint density at radius 2 is 1.94 bits per heavy atom. The minimum atomic E-state index is -3.76. The molecular formula is C21H25N3O4S3. The van der Waals surface area contributed by atoms with Gasteiger partial charge in [0, 0.05) is 18.8 Å². The highest BCUT2D eigenvalue weighted by Gasteiger charge is 2.27. The largest absolute Gasteiger partial charge is 0.492 e. The number of ether oxygens (including phenoxy) is 1. The predicted octanol–water partition coefficient (Wildman–Crippen LogP) is 4.86. The molecule has 3 aromatic rings. The van der Waals surface area contributed by atoms with E-state index in [1.165, 1.54) is 21.7 Å². The van der Waals surface area contributed by atoms with E-state index in [1.54, 1.807) is 51.2 Å². The van der Waals surface area contributed by atoms with Crippen molar-refractivity contribution >= 4 is 44.3 Å². The zero-order valence-electron chi connectivity index (χ0n) is 17.8. The molecule has 0 aliphatic carbocycles. The average molecular weight is 480 g/mol. The number of carbonyl (C=O) groups excluding carboxylic acids is 1. The summed E-state index contributed by atoms with van der Waals surface area (Å²) in [5, 5.41) is 5.56. The highest BCUT2D eigenvalue weighted by molar-refractivity contribution is 7.89. The lowest BCUT2D eigenvalue weighted by Gasteiger charge is -2.21. The zero-order chi connectivity index (χ0) is 22.6. The standard InChI is InChI=1S/C21H25N3O4S3/c1-5-24(6-2)31(26,27)18-13-15(10-11-16(18)28-7-3)23-20(25)19-14(4)22-21(30-19)17-9-8-12-29-17/h8-13H,5-7H2,1-4H3,(H,23,25). The molecule has 3 rings (SSSR count). The van der Waals surface area contributed by atoms with Gasteiger partial charge in [-0.2, -0.15) is 4.31 Å². The van der Waals surface area contributed by atoms with Crippen LogP contribution in [0.15, 0.2) is 40.6 Å². The highest BCUT2D eigenvalue weighted by Crippen LogP contribution is 2.33. The fraction of sp³-hybridized carbons (Fsp3) is 0.333. The van der Waals surface area contributed by atoms with Gasteiger partial charge >= 0.3 is 0 Å². The van der Waals surface area contributed by atoms with Crippen LogP contribution in [0.3, 0.4) is 0 Å². The molecule has 166 valence electrons. The van der Waals surface area contributed by atoms with Gasteiger partial charge in [-0.05, 0) is 43.5 Å². The van der Waals surface area contributed by atoms with Crippen molar-refractivity contribution in [3.8, 4) is 15.6 Å². The minimum Gasteiger partial charge on any atom is -0.492 e. The Hall–Kier alpha value is -2.27. The number of hydrogen-bond acceptors (Lipinski definition) is 7. The summed E-state index contributed by atoms with van der Waals surface area (Å²) in [5.74, 6) is -0.0606. The van der Waals surface area contributed by atoms with Gasteiger partial charge in [-0.15, -0.1) is 22.7 Å². The van der Waals surface area contributed by atoms with Crippen molar-refractivity contribution in [3.63, 3.8) is 0 Å². The van der Waals surface area contributed by atoms with Gasteiger partial charge < -0.3 is 10.1 Å². The molecule has 10 heteroatoms. The molecule has 0 fully saturated rings. The fourth-order valence-corrected chi connectivity index (χ4v) is 6.44. The van der Waals surface area contributed by atoms with Crippen LogP contribution >= 0.6 is 22.7 Å². The van der Waals surface area contributed by atoms with E-state index in [4.69, 9.17) is 4.74 Å². The number of carbonyl (C=O) groups is 1. The van der Waals surface area contributed by atoms with E-state index < -0.39 is 10.0 Å². The molecule has 0 saturated heterocycles. The van der Waals surface area contributed by atoms with E-state index in [9.17, 15) is 13.2 Å². The van der Waals surface area contributed by atoms with Crippen LogP contribution in [0.4, 0.5) is 5.69 Å². The van der Waals surface area contributed by atoms with Gasteiger partial charge in [-0.1, -0.05) is 19.9 Å². The number of sulfonamides is 1. The summed E-state index contributed by atoms with van der Waals surface area (Å²) in [6.07, 6.45) is 0. The summed E-state index contributed by atoms with van der Waals surface area (Å²) < 4.78 is 33.1. The summed E-state index contributed by atoms with van der Waals surface area (Å²) >= 11 is 2.88. The van der Waals surface area contributed by atoms with E-state index in [0.717, 1.165) is 9.88 Å². The summed E-state index contributed by atoms with van der Waals surface area (Å²) in [6.45, 7) is 8.16. The Labute approximate surface area is 190 Å². The maximum absolute atomic E-state index is 13.1. The lowest BCUT2D eigenvalue weighted by Crippen LogP contribution is -2.31. The summed E-state index contributed by atoms with van der Waals surface area (Å²) in [6, 6.07) is 8.57. The third kappa shape index (κ3) is 4.98. The van der Waals surface area contributed by atoms with E-state index in [0.29, 0.717) is 36.0 Å². The molecule has 0 saturated carbocycles. The topological polar surface area (TPSA) is 88.6 Å². The smallest absolute Gasteiger partial charge is 0.267 e. The number of thiophene rings is 1. The first-order valence-electron chi connectivity index (χ1n) is 9.91. The zero-order valence-corrected chi connectivity index (χ0v) is 20.3. The molecule has 0 spiro atoms. The number of thiazole rings is 1. The second-order valence-corrected chi connectivity index (χ2v) is 10.4. The van der Waals surface area contributed by atoms with Crippen LogP contribution in [0.25, 0.3) is 9.88 Å². The monoisotopic (exact) mass is 479 g/mol. The van der Waals surface area contributed by atoms with Crippen molar-refractivity contribution in [1.29, 1.82) is 0 Å². The molecule has 1 aromatic carbocycles. The number of anilines is 1. The van der Waals surface area contributed by atoms with Gasteiger partial charge in [0.05, 0.1) is 17.2 Å². The first-order chi connectivity index (χ1) is 14.8. The molecule has 1 amide bonds. The lowest BCUT2D eigenvalue weighted by atomic mass is 10.3. The number of nitrogens with zero attached hydrogens (tertiary/aromatic N) is 2. The van der Waals surface area contributed by atoms with Crippen LogP contribution in [-0.4, -0.2) is 43.3 Å². The second kappa shape index (κ2) is 9.90. The van der Waals surface area contributed by atoms with Gasteiger partial charge in [0.15, 0.2) is 0 Å². The number of aromatic nitrogens is 1. The molecule has 0 unspecified atom stereocenters. The number of aryl methyl sites for hydroxylation is 1. The van der Waals surface area contributed by atoms with Crippen molar-refractivity contribution in [3.05, 3.63) is 46.3 Å². The minimum absolute atomic E-state index is 0.0381. The number of amides is 1. The van der Waals surface area contributed by atoms with Crippen molar-refractivity contribution in [2.45, 2.75) is 32.6 Å². The Morgan fingerprint density at radius 3 is 2.55 bits per heavy atom. The van der Waals surface area contributed by atoms with E-state index in [1.807, 2.05) is 17.5 Å². The molecule has 1 N–H and O–H groups in total. The highest BCUT2D eigenvalue weighted by atomic mass is 32.2.